The van der Waals surface area contributed by atoms with Gasteiger partial charge in [0.05, 0.1) is 5.69 Å². The number of amides is 1. The molecule has 2 N–H and O–H groups in total. The zero-order chi connectivity index (χ0) is 15.4. The standard InChI is InChI=1S/C15H21N5O/c1-5-16-14-8-12(6-7-17-14)15(21)18-9-13-10(2)19-20(4)11(13)3/h6-8H,5,9H2,1-4H3,(H,16,17)(H,18,21). The number of carbonyl (C=O) groups excluding carboxylic acids is 1. The Morgan fingerprint density at radius 1 is 1.38 bits per heavy atom. The van der Waals surface area contributed by atoms with E-state index in [-0.39, 0.29) is 5.91 Å². The number of aryl methyl sites for hydroxylation is 2. The molecule has 0 aliphatic heterocycles. The fourth-order valence-corrected chi connectivity index (χ4v) is 2.19. The maximum Gasteiger partial charge on any atom is 0.251 e. The molecule has 0 unspecified atom stereocenters. The Morgan fingerprint density at radius 3 is 2.76 bits per heavy atom. The molecular formula is C15H21N5O. The van der Waals surface area contributed by atoms with E-state index in [1.165, 1.54) is 0 Å². The lowest BCUT2D eigenvalue weighted by Gasteiger charge is -2.07. The Balaban J connectivity index is 2.06. The van der Waals surface area contributed by atoms with Crippen molar-refractivity contribution in [1.29, 1.82) is 0 Å². The van der Waals surface area contributed by atoms with Crippen LogP contribution in [0.3, 0.4) is 0 Å². The molecule has 0 atom stereocenters. The van der Waals surface area contributed by atoms with Gasteiger partial charge in [-0.3, -0.25) is 9.48 Å². The van der Waals surface area contributed by atoms with Gasteiger partial charge in [0.1, 0.15) is 5.82 Å². The normalized spacial score (nSPS) is 10.5. The maximum atomic E-state index is 12.2. The highest BCUT2D eigenvalue weighted by atomic mass is 16.1. The SMILES string of the molecule is CCNc1cc(C(=O)NCc2c(C)nn(C)c2C)ccn1. The first-order chi connectivity index (χ1) is 10.0. The first kappa shape index (κ1) is 15.0. The molecule has 0 fully saturated rings. The number of nitrogens with one attached hydrogen (secondary N) is 2. The van der Waals surface area contributed by atoms with Gasteiger partial charge in [0.2, 0.25) is 0 Å². The molecule has 2 aromatic heterocycles. The summed E-state index contributed by atoms with van der Waals surface area (Å²) in [6, 6.07) is 3.46. The second-order valence-corrected chi connectivity index (χ2v) is 4.92. The summed E-state index contributed by atoms with van der Waals surface area (Å²) >= 11 is 0. The van der Waals surface area contributed by atoms with E-state index in [2.05, 4.69) is 20.7 Å². The van der Waals surface area contributed by atoms with Gasteiger partial charge in [-0.1, -0.05) is 0 Å². The molecule has 0 aromatic carbocycles. The third-order valence-electron chi connectivity index (χ3n) is 3.46. The summed E-state index contributed by atoms with van der Waals surface area (Å²) in [6.07, 6.45) is 1.63. The van der Waals surface area contributed by atoms with Crippen molar-refractivity contribution in [2.75, 3.05) is 11.9 Å². The molecule has 0 bridgehead atoms. The molecule has 0 aliphatic rings. The van der Waals surface area contributed by atoms with Crippen molar-refractivity contribution in [1.82, 2.24) is 20.1 Å². The van der Waals surface area contributed by atoms with Gasteiger partial charge >= 0.3 is 0 Å². The van der Waals surface area contributed by atoms with Crippen LogP contribution in [-0.4, -0.2) is 27.2 Å². The quantitative estimate of drug-likeness (QED) is 0.879. The van der Waals surface area contributed by atoms with Crippen LogP contribution in [0.25, 0.3) is 0 Å². The van der Waals surface area contributed by atoms with E-state index in [0.717, 1.165) is 23.5 Å². The van der Waals surface area contributed by atoms with Crippen LogP contribution >= 0.6 is 0 Å². The molecule has 6 heteroatoms. The maximum absolute atomic E-state index is 12.2. The first-order valence-electron chi connectivity index (χ1n) is 7.00. The van der Waals surface area contributed by atoms with Crippen LogP contribution in [0.4, 0.5) is 5.82 Å². The number of hydrogen-bond acceptors (Lipinski definition) is 4. The Hall–Kier alpha value is -2.37. The van der Waals surface area contributed by atoms with E-state index in [4.69, 9.17) is 0 Å². The van der Waals surface area contributed by atoms with E-state index in [9.17, 15) is 4.79 Å². The van der Waals surface area contributed by atoms with Gasteiger partial charge in [0.15, 0.2) is 0 Å². The van der Waals surface area contributed by atoms with Crippen molar-refractivity contribution >= 4 is 11.7 Å². The lowest BCUT2D eigenvalue weighted by Crippen LogP contribution is -2.23. The number of hydrogen-bond donors (Lipinski definition) is 2. The summed E-state index contributed by atoms with van der Waals surface area (Å²) in [5, 5.41) is 10.4. The highest BCUT2D eigenvalue weighted by Crippen LogP contribution is 2.12. The van der Waals surface area contributed by atoms with Gasteiger partial charge in [-0.2, -0.15) is 5.10 Å². The second-order valence-electron chi connectivity index (χ2n) is 4.92. The first-order valence-corrected chi connectivity index (χ1v) is 7.00. The average Bonchev–Trinajstić information content (AvgIpc) is 2.70. The Morgan fingerprint density at radius 2 is 2.14 bits per heavy atom. The van der Waals surface area contributed by atoms with Crippen molar-refractivity contribution in [3.8, 4) is 0 Å². The molecule has 2 aromatic rings. The number of pyridine rings is 1. The van der Waals surface area contributed by atoms with Crippen LogP contribution in [0.15, 0.2) is 18.3 Å². The third kappa shape index (κ3) is 3.39. The number of nitrogens with zero attached hydrogens (tertiary/aromatic N) is 3. The molecule has 0 aliphatic carbocycles. The molecule has 6 nitrogen and oxygen atoms in total. The predicted octanol–water partition coefficient (Wildman–Crippen LogP) is 1.79. The van der Waals surface area contributed by atoms with Gasteiger partial charge in [0, 0.05) is 43.2 Å². The molecule has 2 heterocycles. The zero-order valence-corrected chi connectivity index (χ0v) is 12.9. The monoisotopic (exact) mass is 287 g/mol. The van der Waals surface area contributed by atoms with Gasteiger partial charge in [-0.05, 0) is 32.9 Å². The molecular weight excluding hydrogens is 266 g/mol. The fraction of sp³-hybridized carbons (Fsp3) is 0.400. The molecule has 0 radical (unpaired) electrons. The summed E-state index contributed by atoms with van der Waals surface area (Å²) in [5.74, 6) is 0.595. The van der Waals surface area contributed by atoms with E-state index in [0.29, 0.717) is 17.9 Å². The minimum absolute atomic E-state index is 0.112. The summed E-state index contributed by atoms with van der Waals surface area (Å²) < 4.78 is 1.83. The molecule has 1 amide bonds. The summed E-state index contributed by atoms with van der Waals surface area (Å²) in [6.45, 7) is 7.18. The van der Waals surface area contributed by atoms with Crippen LogP contribution in [0.5, 0.6) is 0 Å². The van der Waals surface area contributed by atoms with Gasteiger partial charge < -0.3 is 10.6 Å². The topological polar surface area (TPSA) is 71.8 Å². The smallest absolute Gasteiger partial charge is 0.251 e. The Kier molecular flexibility index (Phi) is 4.57. The number of carbonyl (C=O) groups is 1. The van der Waals surface area contributed by atoms with Crippen molar-refractivity contribution in [2.24, 2.45) is 7.05 Å². The fourth-order valence-electron chi connectivity index (χ4n) is 2.19. The molecule has 112 valence electrons. The van der Waals surface area contributed by atoms with Crippen molar-refractivity contribution in [3.63, 3.8) is 0 Å². The van der Waals surface area contributed by atoms with Crippen LogP contribution in [0.1, 0.15) is 34.2 Å². The van der Waals surface area contributed by atoms with Crippen molar-refractivity contribution < 1.29 is 4.79 Å². The third-order valence-corrected chi connectivity index (χ3v) is 3.46. The lowest BCUT2D eigenvalue weighted by molar-refractivity contribution is 0.0951. The van der Waals surface area contributed by atoms with Crippen LogP contribution in [0.2, 0.25) is 0 Å². The van der Waals surface area contributed by atoms with Crippen LogP contribution < -0.4 is 10.6 Å². The largest absolute Gasteiger partial charge is 0.370 e. The minimum Gasteiger partial charge on any atom is -0.370 e. The molecule has 0 spiro atoms. The summed E-state index contributed by atoms with van der Waals surface area (Å²) in [4.78, 5) is 16.4. The zero-order valence-electron chi connectivity index (χ0n) is 12.9. The molecule has 21 heavy (non-hydrogen) atoms. The van der Waals surface area contributed by atoms with E-state index < -0.39 is 0 Å². The van der Waals surface area contributed by atoms with Crippen LogP contribution in [-0.2, 0) is 13.6 Å². The minimum atomic E-state index is -0.112. The Labute approximate surface area is 124 Å². The number of rotatable bonds is 5. The number of aromatic nitrogens is 3. The number of anilines is 1. The average molecular weight is 287 g/mol. The highest BCUT2D eigenvalue weighted by molar-refractivity contribution is 5.94. The summed E-state index contributed by atoms with van der Waals surface area (Å²) in [5.41, 5.74) is 3.67. The molecule has 2 rings (SSSR count). The van der Waals surface area contributed by atoms with Crippen molar-refractivity contribution in [3.05, 3.63) is 40.8 Å². The van der Waals surface area contributed by atoms with Gasteiger partial charge in [-0.15, -0.1) is 0 Å². The van der Waals surface area contributed by atoms with Gasteiger partial charge in [-0.25, -0.2) is 4.98 Å². The molecule has 0 saturated carbocycles. The molecule has 0 saturated heterocycles. The predicted molar refractivity (Wildman–Crippen MR) is 82.3 cm³/mol. The van der Waals surface area contributed by atoms with E-state index in [1.54, 1.807) is 18.3 Å². The Bertz CT molecular complexity index is 648. The van der Waals surface area contributed by atoms with E-state index >= 15 is 0 Å². The van der Waals surface area contributed by atoms with Crippen molar-refractivity contribution in [2.45, 2.75) is 27.3 Å². The highest BCUT2D eigenvalue weighted by Gasteiger charge is 2.12. The van der Waals surface area contributed by atoms with Gasteiger partial charge in [0.25, 0.3) is 5.91 Å². The van der Waals surface area contributed by atoms with E-state index in [1.807, 2.05) is 32.5 Å². The lowest BCUT2D eigenvalue weighted by atomic mass is 10.2. The van der Waals surface area contributed by atoms with Crippen LogP contribution in [0, 0.1) is 13.8 Å². The second kappa shape index (κ2) is 6.39. The summed E-state index contributed by atoms with van der Waals surface area (Å²) in [7, 11) is 1.90.